The van der Waals surface area contributed by atoms with Gasteiger partial charge in [0.1, 0.15) is 11.7 Å². The normalized spacial score (nSPS) is 18.0. The Morgan fingerprint density at radius 2 is 1.87 bits per heavy atom. The molecule has 2 aromatic carbocycles. The van der Waals surface area contributed by atoms with Gasteiger partial charge in [-0.25, -0.2) is 19.4 Å². The van der Waals surface area contributed by atoms with E-state index in [9.17, 15) is 20.1 Å². The van der Waals surface area contributed by atoms with Crippen molar-refractivity contribution >= 4 is 18.1 Å². The van der Waals surface area contributed by atoms with Gasteiger partial charge in [-0.1, -0.05) is 49.7 Å². The minimum Gasteiger partial charge on any atom is -0.390 e. The monoisotopic (exact) mass is 675 g/mol. The number of aliphatic imine (C=N–C) groups is 2. The Bertz CT molecular complexity index is 1630. The summed E-state index contributed by atoms with van der Waals surface area (Å²) >= 11 is 0. The minimum absolute atomic E-state index is 0. The molecule has 0 bridgehead atoms. The summed E-state index contributed by atoms with van der Waals surface area (Å²) in [6.45, 7) is 7.27. The maximum absolute atomic E-state index is 15.8. The van der Waals surface area contributed by atoms with Crippen LogP contribution in [0.25, 0.3) is 11.1 Å². The summed E-state index contributed by atoms with van der Waals surface area (Å²) < 4.78 is 23.5. The van der Waals surface area contributed by atoms with E-state index in [2.05, 4.69) is 9.98 Å². The molecule has 0 amide bonds. The van der Waals surface area contributed by atoms with Crippen LogP contribution in [-0.4, -0.2) is 61.3 Å². The van der Waals surface area contributed by atoms with Crippen LogP contribution in [0.15, 0.2) is 57.2 Å². The van der Waals surface area contributed by atoms with Crippen LogP contribution in [0.5, 0.6) is 0 Å². The molecular weight excluding hydrogens is 631 g/mol. The fraction of sp³-hybridized carbons (Fsp3) is 0.471. The fourth-order valence-corrected chi connectivity index (χ4v) is 5.81. The van der Waals surface area contributed by atoms with Crippen LogP contribution in [-0.2, 0) is 17.6 Å². The molecule has 7 N–H and O–H groups in total. The van der Waals surface area contributed by atoms with Crippen LogP contribution in [0.4, 0.5) is 10.3 Å². The molecule has 1 fully saturated rings. The fourth-order valence-electron chi connectivity index (χ4n) is 5.81. The van der Waals surface area contributed by atoms with Crippen LogP contribution in [0.1, 0.15) is 88.2 Å². The summed E-state index contributed by atoms with van der Waals surface area (Å²) in [4.78, 5) is 26.8. The van der Waals surface area contributed by atoms with E-state index in [1.54, 1.807) is 54.8 Å². The van der Waals surface area contributed by atoms with Crippen molar-refractivity contribution in [2.45, 2.75) is 103 Å². The number of aromatic nitrogens is 2. The third kappa shape index (κ3) is 9.86. The summed E-state index contributed by atoms with van der Waals surface area (Å²) in [5.41, 5.74) is 13.2. The van der Waals surface area contributed by atoms with Gasteiger partial charge in [-0.15, -0.1) is 0 Å². The zero-order chi connectivity index (χ0) is 33.6. The number of hydrogen-bond acceptors (Lipinski definition) is 8. The second-order valence-electron chi connectivity index (χ2n) is 12.3. The maximum Gasteiger partial charge on any atom is 1.00 e. The number of hydrogen-bond donors (Lipinski definition) is 5. The Morgan fingerprint density at radius 3 is 2.47 bits per heavy atom. The first-order valence-corrected chi connectivity index (χ1v) is 15.7. The van der Waals surface area contributed by atoms with E-state index in [0.717, 1.165) is 12.8 Å². The summed E-state index contributed by atoms with van der Waals surface area (Å²) in [7, 11) is 0. The molecule has 0 saturated heterocycles. The predicted molar refractivity (Wildman–Crippen MR) is 177 cm³/mol. The second kappa shape index (κ2) is 17.4. The molecule has 1 aliphatic rings. The molecule has 1 heterocycles. The SMILES string of the molecule is CCCc1nc(N=CN)n(C2CCC(OC(C)C(C)(C)O)CC2)c(=O)c1Cc1ccc(-c2ccccc2C(N)=NC(O)O)cc1F.[K+]. The van der Waals surface area contributed by atoms with E-state index in [1.807, 2.05) is 13.8 Å². The third-order valence-corrected chi connectivity index (χ3v) is 8.54. The summed E-state index contributed by atoms with van der Waals surface area (Å²) in [5.74, 6) is -0.381. The molecule has 1 aromatic heterocycles. The van der Waals surface area contributed by atoms with Crippen LogP contribution in [0, 0.1) is 5.82 Å². The number of ether oxygens (including phenoxy) is 1. The molecule has 0 aliphatic heterocycles. The number of benzene rings is 2. The van der Waals surface area contributed by atoms with Gasteiger partial charge < -0.3 is 31.5 Å². The Balaban J connectivity index is 0.00000600. The number of aliphatic hydroxyl groups excluding tert-OH is 1. The van der Waals surface area contributed by atoms with Gasteiger partial charge in [0.25, 0.3) is 12.0 Å². The molecule has 11 nitrogen and oxygen atoms in total. The van der Waals surface area contributed by atoms with Gasteiger partial charge in [0, 0.05) is 23.6 Å². The number of nitrogens with two attached hydrogens (primary N) is 2. The standard InChI is InChI=1S/C34H45FN6O5.K/c1-5-8-29-27(17-22-12-11-21(18-28(22)35)25-9-6-7-10-26(25)30(37)40-33(43)44)31(42)41(32(39-29)38-19-36)23-13-15-24(16-14-23)46-20(2)34(3,4)45;/h6-7,9-12,18-20,23-24,33,43-45H,5,8,13-17H2,1-4H3,(H2,37,40)(H2,36,38,39);/q;+1. The van der Waals surface area contributed by atoms with Gasteiger partial charge in [0.2, 0.25) is 5.95 Å². The zero-order valence-corrected chi connectivity index (χ0v) is 31.0. The molecule has 47 heavy (non-hydrogen) atoms. The first kappa shape index (κ1) is 39.1. The van der Waals surface area contributed by atoms with Crippen LogP contribution in [0.2, 0.25) is 0 Å². The third-order valence-electron chi connectivity index (χ3n) is 8.54. The van der Waals surface area contributed by atoms with E-state index in [1.165, 1.54) is 6.07 Å². The van der Waals surface area contributed by atoms with E-state index in [-0.39, 0.29) is 93.4 Å². The first-order valence-electron chi connectivity index (χ1n) is 15.7. The number of rotatable bonds is 12. The Kier molecular flexibility index (Phi) is 14.4. The zero-order valence-electron chi connectivity index (χ0n) is 27.9. The molecule has 1 unspecified atom stereocenters. The number of aryl methyl sites for hydroxylation is 1. The summed E-state index contributed by atoms with van der Waals surface area (Å²) in [5, 5.41) is 28.8. The quantitative estimate of drug-likeness (QED) is 0.0811. The van der Waals surface area contributed by atoms with E-state index < -0.39 is 17.8 Å². The number of nitrogens with zero attached hydrogens (tertiary/aromatic N) is 4. The molecule has 248 valence electrons. The molecule has 1 saturated carbocycles. The first-order chi connectivity index (χ1) is 21.8. The van der Waals surface area contributed by atoms with Gasteiger partial charge in [-0.3, -0.25) is 9.36 Å². The second-order valence-corrected chi connectivity index (χ2v) is 12.3. The molecule has 4 rings (SSSR count). The van der Waals surface area contributed by atoms with Crippen molar-refractivity contribution in [2.75, 3.05) is 0 Å². The average molecular weight is 676 g/mol. The Morgan fingerprint density at radius 1 is 1.19 bits per heavy atom. The van der Waals surface area contributed by atoms with Crippen molar-refractivity contribution in [3.63, 3.8) is 0 Å². The van der Waals surface area contributed by atoms with Crippen molar-refractivity contribution in [2.24, 2.45) is 21.5 Å². The topological polar surface area (TPSA) is 182 Å². The van der Waals surface area contributed by atoms with Gasteiger partial charge in [-0.05, 0) is 75.6 Å². The van der Waals surface area contributed by atoms with Crippen molar-refractivity contribution < 1.29 is 75.8 Å². The molecular formula is C34H45FKN6O5+. The summed E-state index contributed by atoms with van der Waals surface area (Å²) in [6, 6.07) is 11.4. The van der Waals surface area contributed by atoms with Crippen LogP contribution >= 0.6 is 0 Å². The number of halogens is 1. The minimum atomic E-state index is -1.98. The van der Waals surface area contributed by atoms with E-state index in [4.69, 9.17) is 21.2 Å². The van der Waals surface area contributed by atoms with Gasteiger partial charge in [0.05, 0.1) is 29.8 Å². The van der Waals surface area contributed by atoms with Crippen molar-refractivity contribution in [3.05, 3.63) is 81.0 Å². The Hall–Kier alpha value is -2.33. The molecule has 0 radical (unpaired) electrons. The predicted octanol–water partition coefficient (Wildman–Crippen LogP) is 0.848. The Labute approximate surface area is 317 Å². The number of aliphatic hydroxyl groups is 3. The van der Waals surface area contributed by atoms with E-state index >= 15 is 4.39 Å². The molecule has 1 atom stereocenters. The van der Waals surface area contributed by atoms with Crippen molar-refractivity contribution in [3.8, 4) is 11.1 Å². The van der Waals surface area contributed by atoms with E-state index in [0.29, 0.717) is 65.6 Å². The van der Waals surface area contributed by atoms with Gasteiger partial charge in [-0.2, -0.15) is 0 Å². The van der Waals surface area contributed by atoms with Crippen molar-refractivity contribution in [1.29, 1.82) is 0 Å². The molecule has 1 aliphatic carbocycles. The maximum atomic E-state index is 15.8. The summed E-state index contributed by atoms with van der Waals surface area (Å²) in [6.07, 6.45) is 2.70. The average Bonchev–Trinajstić information content (AvgIpc) is 3.00. The molecule has 3 aromatic rings. The van der Waals surface area contributed by atoms with Crippen LogP contribution in [0.3, 0.4) is 0 Å². The molecule has 0 spiro atoms. The largest absolute Gasteiger partial charge is 1.00 e. The van der Waals surface area contributed by atoms with Crippen LogP contribution < -0.4 is 68.4 Å². The molecule has 13 heteroatoms. The van der Waals surface area contributed by atoms with Gasteiger partial charge in [0.15, 0.2) is 0 Å². The smallest absolute Gasteiger partial charge is 0.390 e. The number of amidine groups is 1. The van der Waals surface area contributed by atoms with Gasteiger partial charge >= 0.3 is 51.4 Å². The van der Waals surface area contributed by atoms with Crippen molar-refractivity contribution in [1.82, 2.24) is 9.55 Å².